The molecule has 1 aromatic heterocycles. The summed E-state index contributed by atoms with van der Waals surface area (Å²) < 4.78 is 9.92. The fraction of sp³-hybridized carbons (Fsp3) is 0.312. The first-order valence-electron chi connectivity index (χ1n) is 7.52. The van der Waals surface area contributed by atoms with E-state index in [1.54, 1.807) is 6.21 Å². The number of aliphatic imine (C=N–C) groups is 1. The zero-order valence-electron chi connectivity index (χ0n) is 14.1. The molecule has 1 aliphatic rings. The molecule has 2 N–H and O–H groups in total. The Bertz CT molecular complexity index is 707. The van der Waals surface area contributed by atoms with Crippen LogP contribution >= 0.6 is 17.0 Å². The van der Waals surface area contributed by atoms with Gasteiger partial charge in [0.25, 0.3) is 5.82 Å². The third kappa shape index (κ3) is 5.86. The fourth-order valence-corrected chi connectivity index (χ4v) is 2.26. The van der Waals surface area contributed by atoms with E-state index >= 15 is 0 Å². The number of aromatic nitrogens is 2. The maximum absolute atomic E-state index is 5.82. The second kappa shape index (κ2) is 10.2. The molecule has 0 atom stereocenters. The van der Waals surface area contributed by atoms with Gasteiger partial charge in [0, 0.05) is 6.54 Å². The lowest BCUT2D eigenvalue weighted by Gasteiger charge is -2.05. The summed E-state index contributed by atoms with van der Waals surface area (Å²) in [4.78, 5) is 4.20. The lowest BCUT2D eigenvalue weighted by molar-refractivity contribution is -0.680. The van der Waals surface area contributed by atoms with Crippen LogP contribution in [0.2, 0.25) is 0 Å². The Labute approximate surface area is 168 Å². The maximum atomic E-state index is 5.82. The fourth-order valence-electron chi connectivity index (χ4n) is 2.26. The average molecular weight is 474 g/mol. The first-order chi connectivity index (χ1) is 11.2. The number of rotatable bonds is 5. The standard InChI is InChI=1S/C16H21N6O.2BrH/c1-21-9-10-22(2)15(21)12-23-14-5-3-13(4-6-14)11-19-20-16-17-7-8-18-16;;/h3-6,9-11H,7-8,12H2,1-2H3,(H2,17,18,20);2*1H/q+1;;/p-1/b19-11+;;. The van der Waals surface area contributed by atoms with Crippen LogP contribution in [0.3, 0.4) is 0 Å². The molecule has 0 fully saturated rings. The molecule has 0 spiro atoms. The van der Waals surface area contributed by atoms with Gasteiger partial charge in [0.05, 0.1) is 26.9 Å². The van der Waals surface area contributed by atoms with Gasteiger partial charge in [-0.15, -0.1) is 17.0 Å². The molecule has 2 heterocycles. The van der Waals surface area contributed by atoms with Crippen molar-refractivity contribution in [2.24, 2.45) is 24.2 Å². The normalized spacial score (nSPS) is 12.8. The molecular weight excluding hydrogens is 452 g/mol. The number of nitrogens with zero attached hydrogens (tertiary/aromatic N) is 4. The summed E-state index contributed by atoms with van der Waals surface area (Å²) in [6.07, 6.45) is 5.77. The molecule has 0 bridgehead atoms. The predicted molar refractivity (Wildman–Crippen MR) is 98.7 cm³/mol. The summed E-state index contributed by atoms with van der Waals surface area (Å²) in [7, 11) is 4.02. The summed E-state index contributed by atoms with van der Waals surface area (Å²) in [6.45, 7) is 2.19. The zero-order valence-corrected chi connectivity index (χ0v) is 17.4. The highest BCUT2D eigenvalue weighted by Gasteiger charge is 2.11. The number of benzene rings is 1. The van der Waals surface area contributed by atoms with Gasteiger partial charge in [-0.1, -0.05) is 0 Å². The second-order valence-electron chi connectivity index (χ2n) is 5.32. The number of nitrogens with one attached hydrogen (secondary N) is 2. The van der Waals surface area contributed by atoms with Crippen molar-refractivity contribution in [1.29, 1.82) is 0 Å². The van der Waals surface area contributed by atoms with Gasteiger partial charge >= 0.3 is 0 Å². The van der Waals surface area contributed by atoms with Crippen molar-refractivity contribution in [2.45, 2.75) is 6.61 Å². The highest BCUT2D eigenvalue weighted by atomic mass is 79.9. The minimum atomic E-state index is 0. The first kappa shape index (κ1) is 21.2. The third-order valence-electron chi connectivity index (χ3n) is 3.63. The van der Waals surface area contributed by atoms with E-state index in [9.17, 15) is 0 Å². The Kier molecular flexibility index (Phi) is 8.64. The number of ether oxygens (including phenoxy) is 1. The molecule has 0 amide bonds. The molecule has 0 aliphatic carbocycles. The first-order valence-corrected chi connectivity index (χ1v) is 7.52. The van der Waals surface area contributed by atoms with Crippen LogP contribution in [0.1, 0.15) is 11.4 Å². The van der Waals surface area contributed by atoms with E-state index in [0.717, 1.165) is 36.2 Å². The van der Waals surface area contributed by atoms with Crippen molar-refractivity contribution in [3.63, 3.8) is 0 Å². The van der Waals surface area contributed by atoms with Crippen molar-refractivity contribution in [3.05, 3.63) is 48.0 Å². The van der Waals surface area contributed by atoms with Crippen molar-refractivity contribution in [3.8, 4) is 5.75 Å². The summed E-state index contributed by atoms with van der Waals surface area (Å²) in [5, 5.41) is 7.24. The number of halogens is 2. The Morgan fingerprint density at radius 3 is 2.76 bits per heavy atom. The van der Waals surface area contributed by atoms with Gasteiger partial charge in [-0.3, -0.25) is 0 Å². The molecule has 3 rings (SSSR count). The maximum Gasteiger partial charge on any atom is 0.294 e. The van der Waals surface area contributed by atoms with Crippen molar-refractivity contribution in [2.75, 3.05) is 13.1 Å². The SMILES string of the molecule is Br.Cn1cc[n+](C)c1COc1ccc(/C=N/NC2=NCCN2)cc1.[Br-]. The van der Waals surface area contributed by atoms with Crippen LogP contribution in [0.4, 0.5) is 0 Å². The molecular formula is C16H22Br2N6O. The third-order valence-corrected chi connectivity index (χ3v) is 3.63. The molecule has 25 heavy (non-hydrogen) atoms. The molecule has 0 saturated heterocycles. The van der Waals surface area contributed by atoms with E-state index in [1.165, 1.54) is 0 Å². The van der Waals surface area contributed by atoms with Gasteiger partial charge in [-0.2, -0.15) is 5.10 Å². The Balaban J connectivity index is 0.00000156. The van der Waals surface area contributed by atoms with Crippen LogP contribution < -0.4 is 37.0 Å². The summed E-state index contributed by atoms with van der Waals surface area (Å²) in [5.41, 5.74) is 3.87. The number of hydrazone groups is 1. The lowest BCUT2D eigenvalue weighted by atomic mass is 10.2. The van der Waals surface area contributed by atoms with E-state index in [-0.39, 0.29) is 34.0 Å². The highest BCUT2D eigenvalue weighted by Crippen LogP contribution is 2.12. The smallest absolute Gasteiger partial charge is 0.294 e. The van der Waals surface area contributed by atoms with Crippen LogP contribution in [0.25, 0.3) is 0 Å². The van der Waals surface area contributed by atoms with Gasteiger partial charge in [-0.25, -0.2) is 19.6 Å². The molecule has 9 heteroatoms. The topological polar surface area (TPSA) is 66.8 Å². The molecule has 0 radical (unpaired) electrons. The van der Waals surface area contributed by atoms with Gasteiger partial charge in [0.2, 0.25) is 5.96 Å². The molecule has 0 saturated carbocycles. The largest absolute Gasteiger partial charge is 1.00 e. The van der Waals surface area contributed by atoms with Gasteiger partial charge in [0.15, 0.2) is 6.61 Å². The zero-order chi connectivity index (χ0) is 16.1. The Hall–Kier alpha value is -1.87. The van der Waals surface area contributed by atoms with Crippen molar-refractivity contribution >= 4 is 29.2 Å². The van der Waals surface area contributed by atoms with E-state index < -0.39 is 0 Å². The second-order valence-corrected chi connectivity index (χ2v) is 5.32. The summed E-state index contributed by atoms with van der Waals surface area (Å²) >= 11 is 0. The Morgan fingerprint density at radius 2 is 2.16 bits per heavy atom. The van der Waals surface area contributed by atoms with Gasteiger partial charge in [-0.05, 0) is 29.8 Å². The van der Waals surface area contributed by atoms with Crippen LogP contribution in [-0.2, 0) is 20.7 Å². The van der Waals surface area contributed by atoms with E-state index in [4.69, 9.17) is 4.74 Å². The minimum absolute atomic E-state index is 0. The molecule has 2 aromatic rings. The highest BCUT2D eigenvalue weighted by molar-refractivity contribution is 8.93. The molecule has 1 aliphatic heterocycles. The summed E-state index contributed by atoms with van der Waals surface area (Å²) in [5.74, 6) is 2.65. The van der Waals surface area contributed by atoms with Crippen molar-refractivity contribution in [1.82, 2.24) is 15.3 Å². The number of imidazole rings is 1. The van der Waals surface area contributed by atoms with Gasteiger partial charge < -0.3 is 27.0 Å². The van der Waals surface area contributed by atoms with E-state index in [0.29, 0.717) is 6.61 Å². The number of hydrogen-bond acceptors (Lipinski definition) is 5. The van der Waals surface area contributed by atoms with E-state index in [2.05, 4.69) is 20.8 Å². The van der Waals surface area contributed by atoms with Crippen LogP contribution in [0.5, 0.6) is 5.75 Å². The molecule has 0 unspecified atom stereocenters. The van der Waals surface area contributed by atoms with Crippen molar-refractivity contribution < 1.29 is 26.3 Å². The minimum Gasteiger partial charge on any atom is -1.00 e. The average Bonchev–Trinajstić information content (AvgIpc) is 3.18. The lowest BCUT2D eigenvalue weighted by Crippen LogP contribution is -3.00. The van der Waals surface area contributed by atoms with Crippen LogP contribution in [-0.4, -0.2) is 29.8 Å². The summed E-state index contributed by atoms with van der Waals surface area (Å²) in [6, 6.07) is 7.82. The van der Waals surface area contributed by atoms with Crippen LogP contribution in [0, 0.1) is 0 Å². The Morgan fingerprint density at radius 1 is 1.40 bits per heavy atom. The van der Waals surface area contributed by atoms with E-state index in [1.807, 2.05) is 59.9 Å². The predicted octanol–water partition coefficient (Wildman–Crippen LogP) is -2.11. The molecule has 1 aromatic carbocycles. The quantitative estimate of drug-likeness (QED) is 0.297. The number of aryl methyl sites for hydroxylation is 2. The van der Waals surface area contributed by atoms with Gasteiger partial charge in [0.1, 0.15) is 18.1 Å². The molecule has 7 nitrogen and oxygen atoms in total. The molecule has 136 valence electrons. The van der Waals surface area contributed by atoms with Crippen LogP contribution in [0.15, 0.2) is 46.8 Å². The number of guanidine groups is 1. The monoisotopic (exact) mass is 472 g/mol. The number of hydrogen-bond donors (Lipinski definition) is 2.